The number of fused-ring (bicyclic) bond motifs is 2. The van der Waals surface area contributed by atoms with Crippen LogP contribution >= 0.6 is 0 Å². The largest absolute Gasteiger partial charge is 0.480 e. The smallest absolute Gasteiger partial charge is 0.406 e. The molecule has 1 aliphatic carbocycles. The van der Waals surface area contributed by atoms with Crippen molar-refractivity contribution in [2.24, 2.45) is 0 Å². The molecule has 5 aromatic rings. The zero-order valence-corrected chi connectivity index (χ0v) is 20.3. The summed E-state index contributed by atoms with van der Waals surface area (Å²) in [5.41, 5.74) is 3.04. The number of rotatable bonds is 6. The van der Waals surface area contributed by atoms with Crippen LogP contribution in [0, 0.1) is 0 Å². The van der Waals surface area contributed by atoms with Gasteiger partial charge in [0.2, 0.25) is 5.88 Å². The Kier molecular flexibility index (Phi) is 5.55. The topological polar surface area (TPSA) is 96.4 Å². The number of hydrogen-bond acceptors (Lipinski definition) is 7. The van der Waals surface area contributed by atoms with Crippen LogP contribution in [0.25, 0.3) is 27.7 Å². The minimum Gasteiger partial charge on any atom is -0.480 e. The molecule has 1 saturated carbocycles. The zero-order valence-electron chi connectivity index (χ0n) is 20.3. The molecule has 38 heavy (non-hydrogen) atoms. The quantitative estimate of drug-likeness (QED) is 0.327. The monoisotopic (exact) mass is 522 g/mol. The highest BCUT2D eigenvalue weighted by Gasteiger charge is 2.41. The van der Waals surface area contributed by atoms with Gasteiger partial charge in [-0.3, -0.25) is 4.79 Å². The minimum atomic E-state index is -4.48. The molecule has 194 valence electrons. The normalized spacial score (nSPS) is 17.2. The number of benzene rings is 1. The highest BCUT2D eigenvalue weighted by atomic mass is 19.4. The second-order valence-electron chi connectivity index (χ2n) is 9.12. The Morgan fingerprint density at radius 2 is 1.89 bits per heavy atom. The molecule has 9 nitrogen and oxygen atoms in total. The van der Waals surface area contributed by atoms with E-state index in [0.29, 0.717) is 32.7 Å². The van der Waals surface area contributed by atoms with Crippen LogP contribution < -0.4 is 15.0 Å². The van der Waals surface area contributed by atoms with Gasteiger partial charge in [0.05, 0.1) is 25.5 Å². The van der Waals surface area contributed by atoms with Crippen LogP contribution in [-0.2, 0) is 6.54 Å². The minimum absolute atomic E-state index is 0.0693. The van der Waals surface area contributed by atoms with Gasteiger partial charge in [-0.2, -0.15) is 23.3 Å². The van der Waals surface area contributed by atoms with E-state index in [2.05, 4.69) is 20.1 Å². The van der Waals surface area contributed by atoms with Gasteiger partial charge in [0.25, 0.3) is 5.56 Å². The van der Waals surface area contributed by atoms with Crippen LogP contribution in [0.3, 0.4) is 0 Å². The van der Waals surface area contributed by atoms with E-state index in [-0.39, 0.29) is 23.2 Å². The molecule has 0 saturated heterocycles. The Labute approximate surface area is 213 Å². The van der Waals surface area contributed by atoms with E-state index >= 15 is 0 Å². The number of ether oxygens (including phenoxy) is 2. The fourth-order valence-electron chi connectivity index (χ4n) is 4.88. The predicted molar refractivity (Wildman–Crippen MR) is 131 cm³/mol. The summed E-state index contributed by atoms with van der Waals surface area (Å²) in [5, 5.41) is 5.51. The maximum Gasteiger partial charge on any atom is 0.406 e. The summed E-state index contributed by atoms with van der Waals surface area (Å²) < 4.78 is 51.7. The van der Waals surface area contributed by atoms with Gasteiger partial charge in [-0.25, -0.2) is 14.5 Å². The fourth-order valence-corrected chi connectivity index (χ4v) is 4.88. The van der Waals surface area contributed by atoms with Gasteiger partial charge in [-0.15, -0.1) is 0 Å². The first kappa shape index (κ1) is 23.9. The number of methoxy groups -OCH3 is 2. The Bertz CT molecular complexity index is 1750. The number of hydrogen-bond donors (Lipinski definition) is 0. The average molecular weight is 522 g/mol. The van der Waals surface area contributed by atoms with E-state index in [0.717, 1.165) is 17.5 Å². The summed E-state index contributed by atoms with van der Waals surface area (Å²) in [6, 6.07) is 9.04. The lowest BCUT2D eigenvalue weighted by molar-refractivity contribution is -0.141. The Hall–Kier alpha value is -4.48. The van der Waals surface area contributed by atoms with Crippen molar-refractivity contribution in [3.63, 3.8) is 0 Å². The van der Waals surface area contributed by atoms with Crippen LogP contribution in [0.5, 0.6) is 11.9 Å². The van der Waals surface area contributed by atoms with Crippen molar-refractivity contribution >= 4 is 16.4 Å². The third-order valence-electron chi connectivity index (χ3n) is 6.74. The van der Waals surface area contributed by atoms with Crippen LogP contribution in [0.4, 0.5) is 13.2 Å². The van der Waals surface area contributed by atoms with Crippen LogP contribution in [0.15, 0.2) is 59.9 Å². The molecule has 1 aliphatic rings. The molecule has 6 rings (SSSR count). The third-order valence-corrected chi connectivity index (χ3v) is 6.74. The zero-order chi connectivity index (χ0) is 26.6. The van der Waals surface area contributed by atoms with Gasteiger partial charge in [0.15, 0.2) is 5.65 Å². The van der Waals surface area contributed by atoms with Crippen molar-refractivity contribution in [2.45, 2.75) is 31.0 Å². The summed E-state index contributed by atoms with van der Waals surface area (Å²) in [4.78, 5) is 25.7. The average Bonchev–Trinajstić information content (AvgIpc) is 3.56. The molecule has 0 N–H and O–H groups in total. The Balaban J connectivity index is 1.38. The number of halogens is 3. The van der Waals surface area contributed by atoms with Crippen molar-refractivity contribution in [1.29, 1.82) is 0 Å². The molecule has 0 spiro atoms. The third kappa shape index (κ3) is 4.21. The number of pyridine rings is 1. The second-order valence-corrected chi connectivity index (χ2v) is 9.12. The SMILES string of the molecule is COc1ncc(-c2cc(C3C[C@@H]3c3ccc4ccn(CC(F)(F)F)c(=O)c4c3)c3nccn3n2)c(OC)n1. The molecular formula is C26H21F3N6O3. The van der Waals surface area contributed by atoms with Gasteiger partial charge in [0, 0.05) is 35.7 Å². The predicted octanol–water partition coefficient (Wildman–Crippen LogP) is 4.35. The van der Waals surface area contributed by atoms with E-state index < -0.39 is 18.3 Å². The van der Waals surface area contributed by atoms with Crippen molar-refractivity contribution in [3.8, 4) is 23.1 Å². The summed E-state index contributed by atoms with van der Waals surface area (Å²) in [5.74, 6) is 0.456. The molecule has 0 radical (unpaired) electrons. The number of nitrogens with zero attached hydrogens (tertiary/aromatic N) is 6. The van der Waals surface area contributed by atoms with Gasteiger partial charge in [-0.1, -0.05) is 12.1 Å². The Morgan fingerprint density at radius 1 is 1.05 bits per heavy atom. The Morgan fingerprint density at radius 3 is 2.66 bits per heavy atom. The molecule has 0 aliphatic heterocycles. The molecule has 1 aromatic carbocycles. The lowest BCUT2D eigenvalue weighted by atomic mass is 10.0. The second kappa shape index (κ2) is 8.82. The molecule has 1 unspecified atom stereocenters. The number of imidazole rings is 1. The van der Waals surface area contributed by atoms with E-state index in [4.69, 9.17) is 9.47 Å². The van der Waals surface area contributed by atoms with Crippen LogP contribution in [0.1, 0.15) is 29.4 Å². The van der Waals surface area contributed by atoms with Crippen molar-refractivity contribution in [1.82, 2.24) is 29.1 Å². The van der Waals surface area contributed by atoms with Crippen molar-refractivity contribution in [2.75, 3.05) is 14.2 Å². The van der Waals surface area contributed by atoms with Gasteiger partial charge in [0.1, 0.15) is 6.54 Å². The maximum absolute atomic E-state index is 12.9. The highest BCUT2D eigenvalue weighted by Crippen LogP contribution is 2.56. The lowest BCUT2D eigenvalue weighted by Crippen LogP contribution is -2.27. The molecule has 0 amide bonds. The standard InChI is InChI=1S/C26H21F3N6O3/c1-37-23-20(12-31-25(32-23)38-2)21-11-19(22-30-6-8-35(22)33-21)18-10-16(18)15-4-3-14-5-7-34(13-26(27,28)29)24(36)17(14)9-15/h3-9,11-12,16,18H,10,13H2,1-2H3/t16-,18?/m1/s1. The van der Waals surface area contributed by atoms with E-state index in [1.807, 2.05) is 12.1 Å². The molecule has 0 bridgehead atoms. The fraction of sp³-hybridized carbons (Fsp3) is 0.269. The summed E-state index contributed by atoms with van der Waals surface area (Å²) in [7, 11) is 2.97. The van der Waals surface area contributed by atoms with Crippen LogP contribution in [0.2, 0.25) is 0 Å². The molecule has 4 heterocycles. The lowest BCUT2D eigenvalue weighted by Gasteiger charge is -2.11. The van der Waals surface area contributed by atoms with Crippen LogP contribution in [-0.4, -0.2) is 49.5 Å². The van der Waals surface area contributed by atoms with E-state index in [9.17, 15) is 18.0 Å². The van der Waals surface area contributed by atoms with Crippen molar-refractivity contribution < 1.29 is 22.6 Å². The summed E-state index contributed by atoms with van der Waals surface area (Å²) >= 11 is 0. The van der Waals surface area contributed by atoms with Gasteiger partial charge >= 0.3 is 12.2 Å². The highest BCUT2D eigenvalue weighted by molar-refractivity contribution is 5.82. The first-order chi connectivity index (χ1) is 18.3. The van der Waals surface area contributed by atoms with Crippen molar-refractivity contribution in [3.05, 3.63) is 76.6 Å². The maximum atomic E-state index is 12.9. The summed E-state index contributed by atoms with van der Waals surface area (Å²) in [6.07, 6.45) is 2.48. The molecule has 1 fully saturated rings. The summed E-state index contributed by atoms with van der Waals surface area (Å²) in [6.45, 7) is -1.33. The first-order valence-corrected chi connectivity index (χ1v) is 11.8. The van der Waals surface area contributed by atoms with E-state index in [1.54, 1.807) is 35.2 Å². The number of aromatic nitrogens is 6. The molecule has 4 aromatic heterocycles. The molecular weight excluding hydrogens is 501 g/mol. The molecule has 2 atom stereocenters. The van der Waals surface area contributed by atoms with Gasteiger partial charge in [-0.05, 0) is 47.4 Å². The van der Waals surface area contributed by atoms with E-state index in [1.165, 1.54) is 26.5 Å². The first-order valence-electron chi connectivity index (χ1n) is 11.8. The molecule has 12 heteroatoms. The number of alkyl halides is 3. The van der Waals surface area contributed by atoms with Gasteiger partial charge < -0.3 is 14.0 Å².